The second-order valence-electron chi connectivity index (χ2n) is 6.61. The van der Waals surface area contributed by atoms with E-state index in [0.29, 0.717) is 16.3 Å². The number of halogens is 1. The van der Waals surface area contributed by atoms with Crippen LogP contribution in [0.4, 0.5) is 0 Å². The fourth-order valence-corrected chi connectivity index (χ4v) is 2.40. The van der Waals surface area contributed by atoms with Crippen molar-refractivity contribution in [2.24, 2.45) is 0 Å². The van der Waals surface area contributed by atoms with Gasteiger partial charge in [-0.2, -0.15) is 0 Å². The van der Waals surface area contributed by atoms with E-state index in [0.717, 1.165) is 16.2 Å². The summed E-state index contributed by atoms with van der Waals surface area (Å²) in [4.78, 5) is 4.05. The molecule has 0 aliphatic rings. The average Bonchev–Trinajstić information content (AvgIpc) is 2.85. The number of hydrogen-bond acceptors (Lipinski definition) is 4. The number of pyridine rings is 1. The van der Waals surface area contributed by atoms with Gasteiger partial charge in [0.2, 0.25) is 0 Å². The highest BCUT2D eigenvalue weighted by Crippen LogP contribution is 2.31. The number of rotatable bonds is 4. The SMILES string of the molecule is CC(C)(O)C(C)(C)O[B]c1cccc2oc3c(Cl)nccc3c12. The molecule has 0 saturated heterocycles. The molecule has 1 aromatic carbocycles. The van der Waals surface area contributed by atoms with E-state index in [-0.39, 0.29) is 0 Å². The lowest BCUT2D eigenvalue weighted by Gasteiger charge is -2.37. The number of benzene rings is 1. The Kier molecular flexibility index (Phi) is 3.91. The Bertz CT molecular complexity index is 867. The number of aliphatic hydroxyl groups is 1. The number of furan rings is 1. The highest BCUT2D eigenvalue weighted by atomic mass is 35.5. The zero-order valence-corrected chi connectivity index (χ0v) is 14.3. The predicted molar refractivity (Wildman–Crippen MR) is 93.4 cm³/mol. The van der Waals surface area contributed by atoms with Crippen LogP contribution in [0.2, 0.25) is 5.15 Å². The van der Waals surface area contributed by atoms with Crippen molar-refractivity contribution < 1.29 is 14.2 Å². The molecular weight excluding hydrogens is 312 g/mol. The summed E-state index contributed by atoms with van der Waals surface area (Å²) in [6, 6.07) is 7.57. The van der Waals surface area contributed by atoms with E-state index >= 15 is 0 Å². The summed E-state index contributed by atoms with van der Waals surface area (Å²) < 4.78 is 11.7. The van der Waals surface area contributed by atoms with Gasteiger partial charge in [-0.1, -0.05) is 23.7 Å². The van der Waals surface area contributed by atoms with Crippen molar-refractivity contribution in [3.05, 3.63) is 35.6 Å². The molecule has 6 heteroatoms. The van der Waals surface area contributed by atoms with Crippen molar-refractivity contribution in [1.82, 2.24) is 4.98 Å². The molecule has 3 aromatic rings. The van der Waals surface area contributed by atoms with Gasteiger partial charge >= 0.3 is 7.48 Å². The van der Waals surface area contributed by atoms with Crippen LogP contribution in [0.3, 0.4) is 0 Å². The van der Waals surface area contributed by atoms with Crippen LogP contribution in [-0.2, 0) is 4.65 Å². The third-order valence-corrected chi connectivity index (χ3v) is 4.62. The molecule has 1 N–H and O–H groups in total. The molecule has 0 spiro atoms. The fourth-order valence-electron chi connectivity index (χ4n) is 2.20. The van der Waals surface area contributed by atoms with E-state index in [2.05, 4.69) is 4.98 Å². The highest BCUT2D eigenvalue weighted by Gasteiger charge is 2.36. The highest BCUT2D eigenvalue weighted by molar-refractivity contribution is 6.53. The summed E-state index contributed by atoms with van der Waals surface area (Å²) in [6.07, 6.45) is 1.65. The maximum Gasteiger partial charge on any atom is 0.331 e. The van der Waals surface area contributed by atoms with E-state index in [1.54, 1.807) is 27.5 Å². The van der Waals surface area contributed by atoms with E-state index in [1.807, 2.05) is 38.1 Å². The molecule has 4 nitrogen and oxygen atoms in total. The number of hydrogen-bond donors (Lipinski definition) is 1. The van der Waals surface area contributed by atoms with Gasteiger partial charge in [0.1, 0.15) is 5.58 Å². The monoisotopic (exact) mass is 330 g/mol. The van der Waals surface area contributed by atoms with Crippen LogP contribution < -0.4 is 5.46 Å². The molecule has 0 amide bonds. The minimum atomic E-state index is -0.983. The largest absolute Gasteiger partial charge is 0.453 e. The summed E-state index contributed by atoms with van der Waals surface area (Å²) in [5, 5.41) is 12.4. The molecule has 119 valence electrons. The fraction of sp³-hybridized carbons (Fsp3) is 0.353. The molecule has 0 fully saturated rings. The van der Waals surface area contributed by atoms with Crippen molar-refractivity contribution in [3.8, 4) is 0 Å². The summed E-state index contributed by atoms with van der Waals surface area (Å²) in [5.41, 5.74) is 0.415. The minimum absolute atomic E-state index is 0.336. The number of fused-ring (bicyclic) bond motifs is 3. The molecule has 3 rings (SSSR count). The van der Waals surface area contributed by atoms with Gasteiger partial charge in [0.15, 0.2) is 10.7 Å². The first kappa shape index (κ1) is 16.3. The van der Waals surface area contributed by atoms with Gasteiger partial charge in [0, 0.05) is 17.0 Å². The Morgan fingerprint density at radius 2 is 1.96 bits per heavy atom. The van der Waals surface area contributed by atoms with Crippen molar-refractivity contribution in [1.29, 1.82) is 0 Å². The van der Waals surface area contributed by atoms with Crippen molar-refractivity contribution in [3.63, 3.8) is 0 Å². The molecule has 0 aliphatic carbocycles. The second-order valence-corrected chi connectivity index (χ2v) is 6.96. The summed E-state index contributed by atoms with van der Waals surface area (Å²) in [5.74, 6) is 0. The standard InChI is InChI=1S/C17H18BClNO3/c1-16(2,21)17(3,4)23-18-11-6-5-7-12-13(11)10-8-9-20-15(19)14(10)22-12/h5-9,21H,1-4H3. The first-order valence-electron chi connectivity index (χ1n) is 7.40. The molecule has 0 bridgehead atoms. The Morgan fingerprint density at radius 1 is 1.22 bits per heavy atom. The summed E-state index contributed by atoms with van der Waals surface area (Å²) in [7, 11) is 1.66. The topological polar surface area (TPSA) is 55.5 Å². The van der Waals surface area contributed by atoms with Crippen LogP contribution in [0.1, 0.15) is 27.7 Å². The van der Waals surface area contributed by atoms with Crippen molar-refractivity contribution in [2.45, 2.75) is 38.9 Å². The van der Waals surface area contributed by atoms with Gasteiger partial charge in [-0.15, -0.1) is 0 Å². The summed E-state index contributed by atoms with van der Waals surface area (Å²) in [6.45, 7) is 7.13. The van der Waals surface area contributed by atoms with Crippen molar-refractivity contribution >= 4 is 46.5 Å². The van der Waals surface area contributed by atoms with Gasteiger partial charge in [0.25, 0.3) is 0 Å². The maximum absolute atomic E-state index is 10.2. The molecule has 0 aliphatic heterocycles. The molecule has 23 heavy (non-hydrogen) atoms. The van der Waals surface area contributed by atoms with Gasteiger partial charge in [-0.05, 0) is 45.3 Å². The zero-order chi connectivity index (χ0) is 16.8. The van der Waals surface area contributed by atoms with Crippen LogP contribution in [0.5, 0.6) is 0 Å². The van der Waals surface area contributed by atoms with Crippen LogP contribution in [-0.4, -0.2) is 28.8 Å². The quantitative estimate of drug-likeness (QED) is 0.588. The van der Waals surface area contributed by atoms with Gasteiger partial charge < -0.3 is 14.2 Å². The van der Waals surface area contributed by atoms with Crippen LogP contribution in [0.25, 0.3) is 21.9 Å². The number of nitrogens with zero attached hydrogens (tertiary/aromatic N) is 1. The normalized spacial score (nSPS) is 13.0. The van der Waals surface area contributed by atoms with Gasteiger partial charge in [-0.3, -0.25) is 0 Å². The molecule has 1 radical (unpaired) electrons. The van der Waals surface area contributed by atoms with E-state index in [9.17, 15) is 5.11 Å². The number of aromatic nitrogens is 1. The molecule has 0 atom stereocenters. The van der Waals surface area contributed by atoms with E-state index < -0.39 is 11.2 Å². The van der Waals surface area contributed by atoms with Gasteiger partial charge in [0.05, 0.1) is 11.2 Å². The molecule has 2 aromatic heterocycles. The lowest BCUT2D eigenvalue weighted by molar-refractivity contribution is -0.0893. The van der Waals surface area contributed by atoms with Gasteiger partial charge in [-0.25, -0.2) is 4.98 Å². The first-order chi connectivity index (χ1) is 10.7. The molecule has 0 saturated carbocycles. The maximum atomic E-state index is 10.2. The average molecular weight is 331 g/mol. The zero-order valence-electron chi connectivity index (χ0n) is 13.6. The lowest BCUT2D eigenvalue weighted by atomic mass is 9.80. The lowest BCUT2D eigenvalue weighted by Crippen LogP contribution is -2.49. The Morgan fingerprint density at radius 3 is 2.65 bits per heavy atom. The summed E-state index contributed by atoms with van der Waals surface area (Å²) >= 11 is 6.11. The Labute approximate surface area is 140 Å². The molecular formula is C17H18BClNO3. The second kappa shape index (κ2) is 5.51. The minimum Gasteiger partial charge on any atom is -0.453 e. The van der Waals surface area contributed by atoms with Crippen LogP contribution in [0.15, 0.2) is 34.9 Å². The Hall–Kier alpha value is -1.56. The first-order valence-corrected chi connectivity index (χ1v) is 7.78. The van der Waals surface area contributed by atoms with Crippen LogP contribution in [0, 0.1) is 0 Å². The third-order valence-electron chi connectivity index (χ3n) is 4.35. The van der Waals surface area contributed by atoms with E-state index in [4.69, 9.17) is 20.7 Å². The predicted octanol–water partition coefficient (Wildman–Crippen LogP) is 3.45. The smallest absolute Gasteiger partial charge is 0.331 e. The van der Waals surface area contributed by atoms with E-state index in [1.165, 1.54) is 0 Å². The Balaban J connectivity index is 2.05. The molecule has 0 unspecified atom stereocenters. The third kappa shape index (κ3) is 2.85. The van der Waals surface area contributed by atoms with Crippen LogP contribution >= 0.6 is 11.6 Å². The molecule has 2 heterocycles. The van der Waals surface area contributed by atoms with Crippen molar-refractivity contribution in [2.75, 3.05) is 0 Å².